The van der Waals surface area contributed by atoms with Gasteiger partial charge in [0, 0.05) is 25.5 Å². The summed E-state index contributed by atoms with van der Waals surface area (Å²) < 4.78 is 6.94. The average Bonchev–Trinajstić information content (AvgIpc) is 3.72. The highest BCUT2D eigenvalue weighted by molar-refractivity contribution is 9.10. The van der Waals surface area contributed by atoms with E-state index < -0.39 is 0 Å². The quantitative estimate of drug-likeness (QED) is 0.228. The molecule has 2 aliphatic heterocycles. The number of thioether (sulfide) groups is 1. The second kappa shape index (κ2) is 10.1. The normalized spacial score (nSPS) is 29.0. The van der Waals surface area contributed by atoms with Crippen molar-refractivity contribution in [1.29, 1.82) is 0 Å². The predicted octanol–water partition coefficient (Wildman–Crippen LogP) is 7.11. The molecule has 1 saturated heterocycles. The SMILES string of the molecule is O=C1C2C3CC(C2C(=O)N1c1ccc(Br)cc1)C1C3Sc2[nH]c(=O)sc2[C@@H]1c1ccc(OCc2ccc(Cl)cc2)cc1. The first-order valence-electron chi connectivity index (χ1n) is 13.9. The Labute approximate surface area is 263 Å². The molecule has 2 aliphatic carbocycles. The summed E-state index contributed by atoms with van der Waals surface area (Å²) in [4.78, 5) is 45.7. The number of fused-ring (bicyclic) bond motifs is 9. The van der Waals surface area contributed by atoms with Crippen LogP contribution >= 0.6 is 50.6 Å². The van der Waals surface area contributed by atoms with Crippen LogP contribution in [0.3, 0.4) is 0 Å². The lowest BCUT2D eigenvalue weighted by atomic mass is 9.68. The number of anilines is 1. The maximum atomic E-state index is 13.9. The number of carbonyl (C=O) groups excluding carboxylic acids is 2. The van der Waals surface area contributed by atoms with Crippen molar-refractivity contribution in [3.8, 4) is 5.75 Å². The molecule has 3 heterocycles. The van der Waals surface area contributed by atoms with E-state index in [0.717, 1.165) is 37.7 Å². The maximum absolute atomic E-state index is 13.9. The minimum atomic E-state index is -0.324. The molecule has 0 radical (unpaired) electrons. The topological polar surface area (TPSA) is 79.5 Å². The second-order valence-corrected chi connectivity index (χ2v) is 15.0. The molecule has 2 amide bonds. The number of imide groups is 1. The number of rotatable bonds is 5. The zero-order valence-electron chi connectivity index (χ0n) is 22.0. The number of hydrogen-bond donors (Lipinski definition) is 1. The third-order valence-corrected chi connectivity index (χ3v) is 12.7. The van der Waals surface area contributed by atoms with Crippen LogP contribution in [0.1, 0.15) is 28.3 Å². The average molecular weight is 680 g/mol. The highest BCUT2D eigenvalue weighted by Gasteiger charge is 2.69. The third kappa shape index (κ3) is 4.15. The molecule has 4 aliphatic rings. The molecule has 8 rings (SSSR count). The van der Waals surface area contributed by atoms with Gasteiger partial charge in [-0.3, -0.25) is 19.3 Å². The summed E-state index contributed by atoms with van der Waals surface area (Å²) in [7, 11) is 0. The van der Waals surface area contributed by atoms with Crippen LogP contribution in [-0.4, -0.2) is 22.0 Å². The highest BCUT2D eigenvalue weighted by Crippen LogP contribution is 2.68. The van der Waals surface area contributed by atoms with Gasteiger partial charge in [0.25, 0.3) is 0 Å². The fraction of sp³-hybridized carbons (Fsp3) is 0.281. The first-order valence-corrected chi connectivity index (χ1v) is 16.7. The van der Waals surface area contributed by atoms with Crippen molar-refractivity contribution in [3.05, 3.63) is 108 Å². The lowest BCUT2D eigenvalue weighted by molar-refractivity contribution is -0.123. The lowest BCUT2D eigenvalue weighted by Crippen LogP contribution is -2.42. The largest absolute Gasteiger partial charge is 0.489 e. The molecule has 3 fully saturated rings. The highest BCUT2D eigenvalue weighted by atomic mass is 79.9. The Morgan fingerprint density at radius 2 is 1.60 bits per heavy atom. The summed E-state index contributed by atoms with van der Waals surface area (Å²) in [6.07, 6.45) is 0.862. The van der Waals surface area contributed by atoms with Crippen LogP contribution in [-0.2, 0) is 16.2 Å². The first kappa shape index (κ1) is 26.8. The molecule has 0 spiro atoms. The summed E-state index contributed by atoms with van der Waals surface area (Å²) in [5.41, 5.74) is 2.76. The molecule has 1 aromatic heterocycles. The van der Waals surface area contributed by atoms with Gasteiger partial charge in [0.1, 0.15) is 12.4 Å². The Morgan fingerprint density at radius 3 is 2.31 bits per heavy atom. The van der Waals surface area contributed by atoms with Gasteiger partial charge >= 0.3 is 4.87 Å². The van der Waals surface area contributed by atoms with E-state index in [1.807, 2.05) is 60.7 Å². The third-order valence-electron chi connectivity index (χ3n) is 9.37. The van der Waals surface area contributed by atoms with E-state index in [4.69, 9.17) is 16.3 Å². The van der Waals surface area contributed by atoms with E-state index in [9.17, 15) is 14.4 Å². The Hall–Kier alpha value is -2.85. The van der Waals surface area contributed by atoms with Crippen LogP contribution in [0.4, 0.5) is 5.69 Å². The van der Waals surface area contributed by atoms with Gasteiger partial charge in [-0.25, -0.2) is 0 Å². The molecule has 3 aromatic carbocycles. The standard InChI is InChI=1S/C32H24BrClN2O4S2/c33-17-5-9-19(10-6-17)36-30(37)25-21-13-22(26(25)31(36)38)27-24(21)23(28-29(41-27)35-32(39)42-28)16-3-11-20(12-4-16)40-14-15-1-7-18(34)8-2-15/h1-12,21-27H,13-14H2,(H,35,39)/t21?,22?,23-,24?,25?,26?,27?/m1/s1. The number of amides is 2. The van der Waals surface area contributed by atoms with Crippen molar-refractivity contribution in [1.82, 2.24) is 4.98 Å². The van der Waals surface area contributed by atoms with Gasteiger partial charge < -0.3 is 9.72 Å². The number of H-pyrrole nitrogens is 1. The molecule has 10 heteroatoms. The molecule has 2 saturated carbocycles. The summed E-state index contributed by atoms with van der Waals surface area (Å²) in [6.45, 7) is 0.433. The Morgan fingerprint density at radius 1 is 0.905 bits per heavy atom. The lowest BCUT2D eigenvalue weighted by Gasteiger charge is -2.43. The number of aromatic amines is 1. The number of nitrogens with zero attached hydrogens (tertiary/aromatic N) is 1. The van der Waals surface area contributed by atoms with Crippen LogP contribution < -0.4 is 14.5 Å². The van der Waals surface area contributed by atoms with Crippen LogP contribution in [0.25, 0.3) is 0 Å². The van der Waals surface area contributed by atoms with Crippen molar-refractivity contribution in [2.75, 3.05) is 4.90 Å². The Balaban J connectivity index is 1.11. The maximum Gasteiger partial charge on any atom is 0.305 e. The van der Waals surface area contributed by atoms with Gasteiger partial charge in [0.15, 0.2) is 0 Å². The smallest absolute Gasteiger partial charge is 0.305 e. The minimum absolute atomic E-state index is 0.0268. The number of halogens is 2. The number of aromatic nitrogens is 1. The van der Waals surface area contributed by atoms with Gasteiger partial charge in [-0.15, -0.1) is 11.8 Å². The molecule has 42 heavy (non-hydrogen) atoms. The van der Waals surface area contributed by atoms with E-state index in [0.29, 0.717) is 17.3 Å². The number of hydrogen-bond acceptors (Lipinski definition) is 6. The predicted molar refractivity (Wildman–Crippen MR) is 167 cm³/mol. The Kier molecular flexibility index (Phi) is 6.44. The van der Waals surface area contributed by atoms with Gasteiger partial charge in [-0.1, -0.05) is 63.1 Å². The van der Waals surface area contributed by atoms with Crippen LogP contribution in [0.15, 0.2) is 87.1 Å². The molecular formula is C32H24BrClN2O4S2. The molecular weight excluding hydrogens is 656 g/mol. The van der Waals surface area contributed by atoms with E-state index in [1.165, 1.54) is 16.2 Å². The number of nitrogens with one attached hydrogen (secondary N) is 1. The molecule has 1 N–H and O–H groups in total. The van der Waals surface area contributed by atoms with Gasteiger partial charge in [0.05, 0.1) is 22.5 Å². The number of benzene rings is 3. The first-order chi connectivity index (χ1) is 20.4. The van der Waals surface area contributed by atoms with Crippen molar-refractivity contribution in [2.24, 2.45) is 29.6 Å². The number of thiazole rings is 1. The van der Waals surface area contributed by atoms with E-state index in [2.05, 4.69) is 33.0 Å². The van der Waals surface area contributed by atoms with E-state index >= 15 is 0 Å². The Bertz CT molecular complexity index is 1770. The van der Waals surface area contributed by atoms with Crippen molar-refractivity contribution < 1.29 is 14.3 Å². The van der Waals surface area contributed by atoms with Crippen molar-refractivity contribution in [2.45, 2.75) is 29.2 Å². The van der Waals surface area contributed by atoms with Gasteiger partial charge in [-0.2, -0.15) is 0 Å². The van der Waals surface area contributed by atoms with E-state index in [-0.39, 0.29) is 57.4 Å². The van der Waals surface area contributed by atoms with Crippen LogP contribution in [0.2, 0.25) is 5.02 Å². The molecule has 212 valence electrons. The monoisotopic (exact) mass is 678 g/mol. The molecule has 2 bridgehead atoms. The van der Waals surface area contributed by atoms with Crippen LogP contribution in [0.5, 0.6) is 5.75 Å². The fourth-order valence-electron chi connectivity index (χ4n) is 7.75. The number of ether oxygens (including phenoxy) is 1. The van der Waals surface area contributed by atoms with Crippen molar-refractivity contribution in [3.63, 3.8) is 0 Å². The fourth-order valence-corrected chi connectivity index (χ4v) is 11.0. The van der Waals surface area contributed by atoms with Gasteiger partial charge in [-0.05, 0) is 83.8 Å². The second-order valence-electron chi connectivity index (χ2n) is 11.4. The van der Waals surface area contributed by atoms with E-state index in [1.54, 1.807) is 11.8 Å². The summed E-state index contributed by atoms with van der Waals surface area (Å²) in [5.74, 6) is 0.254. The summed E-state index contributed by atoms with van der Waals surface area (Å²) in [5, 5.41) is 1.75. The zero-order valence-corrected chi connectivity index (χ0v) is 26.0. The summed E-state index contributed by atoms with van der Waals surface area (Å²) in [6, 6.07) is 23.1. The molecule has 6 nitrogen and oxygen atoms in total. The molecule has 6 unspecified atom stereocenters. The zero-order chi connectivity index (χ0) is 28.7. The van der Waals surface area contributed by atoms with Gasteiger partial charge in [0.2, 0.25) is 11.8 Å². The number of carbonyl (C=O) groups is 2. The summed E-state index contributed by atoms with van der Waals surface area (Å²) >= 11 is 12.4. The molecule has 4 aromatic rings. The minimum Gasteiger partial charge on any atom is -0.489 e. The van der Waals surface area contributed by atoms with Crippen molar-refractivity contribution >= 4 is 68.1 Å². The molecule has 7 atom stereocenters. The van der Waals surface area contributed by atoms with Crippen LogP contribution in [0, 0.1) is 29.6 Å².